The van der Waals surface area contributed by atoms with Crippen LogP contribution >= 0.6 is 12.6 Å². The Kier molecular flexibility index (Phi) is 7.87. The summed E-state index contributed by atoms with van der Waals surface area (Å²) in [5.74, 6) is -2.61. The fraction of sp³-hybridized carbons (Fsp3) is 0.750. The zero-order chi connectivity index (χ0) is 20.0. The molecule has 0 aromatic rings. The van der Waals surface area contributed by atoms with Crippen molar-refractivity contribution in [3.63, 3.8) is 0 Å². The molecular formula is C16H26N4O6S. The molecule has 0 aliphatic carbocycles. The van der Waals surface area contributed by atoms with E-state index in [1.54, 1.807) is 0 Å². The second-order valence-electron chi connectivity index (χ2n) is 6.66. The second-order valence-corrected chi connectivity index (χ2v) is 7.03. The van der Waals surface area contributed by atoms with Crippen LogP contribution in [-0.4, -0.2) is 88.4 Å². The molecule has 152 valence electrons. The van der Waals surface area contributed by atoms with Crippen molar-refractivity contribution in [1.29, 1.82) is 0 Å². The first-order chi connectivity index (χ1) is 12.9. The number of nitrogens with one attached hydrogen (secondary N) is 3. The molecule has 0 bridgehead atoms. The van der Waals surface area contributed by atoms with Gasteiger partial charge < -0.3 is 31.1 Å². The maximum atomic E-state index is 12.8. The number of carbonyl (C=O) groups is 4. The number of carbonyl (C=O) groups excluding carboxylic acids is 3. The SMILES string of the molecule is O=C(O)[C@H](CO)NC(=O)[C@@H]1CCCN1C(=O)[C@H](CS)NC(=O)[C@@H]1CCCN1. The Morgan fingerprint density at radius 3 is 2.37 bits per heavy atom. The second kappa shape index (κ2) is 9.90. The van der Waals surface area contributed by atoms with Gasteiger partial charge in [0.15, 0.2) is 0 Å². The van der Waals surface area contributed by atoms with E-state index in [0.29, 0.717) is 25.8 Å². The van der Waals surface area contributed by atoms with Crippen LogP contribution in [0.2, 0.25) is 0 Å². The molecule has 10 nitrogen and oxygen atoms in total. The van der Waals surface area contributed by atoms with Crippen molar-refractivity contribution in [3.05, 3.63) is 0 Å². The largest absolute Gasteiger partial charge is 0.480 e. The van der Waals surface area contributed by atoms with Gasteiger partial charge in [-0.3, -0.25) is 14.4 Å². The average molecular weight is 402 g/mol. The van der Waals surface area contributed by atoms with Crippen molar-refractivity contribution in [3.8, 4) is 0 Å². The number of aliphatic carboxylic acids is 1. The molecule has 2 rings (SSSR count). The first-order valence-electron chi connectivity index (χ1n) is 8.98. The number of amides is 3. The number of aliphatic hydroxyl groups is 1. The Morgan fingerprint density at radius 2 is 1.81 bits per heavy atom. The summed E-state index contributed by atoms with van der Waals surface area (Å²) >= 11 is 4.15. The molecular weight excluding hydrogens is 376 g/mol. The molecule has 0 aromatic heterocycles. The Hall–Kier alpha value is -1.85. The van der Waals surface area contributed by atoms with Crippen LogP contribution < -0.4 is 16.0 Å². The molecule has 0 saturated carbocycles. The van der Waals surface area contributed by atoms with Gasteiger partial charge in [-0.1, -0.05) is 0 Å². The zero-order valence-electron chi connectivity index (χ0n) is 14.9. The van der Waals surface area contributed by atoms with E-state index in [9.17, 15) is 19.2 Å². The van der Waals surface area contributed by atoms with E-state index in [0.717, 1.165) is 13.0 Å². The molecule has 4 atom stereocenters. The topological polar surface area (TPSA) is 148 Å². The lowest BCUT2D eigenvalue weighted by atomic mass is 10.1. The highest BCUT2D eigenvalue weighted by Crippen LogP contribution is 2.19. The number of aliphatic hydroxyl groups excluding tert-OH is 1. The molecule has 3 amide bonds. The highest BCUT2D eigenvalue weighted by Gasteiger charge is 2.39. The summed E-state index contributed by atoms with van der Waals surface area (Å²) in [5.41, 5.74) is 0. The van der Waals surface area contributed by atoms with Crippen LogP contribution in [0.15, 0.2) is 0 Å². The van der Waals surface area contributed by atoms with E-state index in [4.69, 9.17) is 10.2 Å². The van der Waals surface area contributed by atoms with E-state index in [2.05, 4.69) is 28.6 Å². The van der Waals surface area contributed by atoms with Crippen molar-refractivity contribution < 1.29 is 29.4 Å². The Morgan fingerprint density at radius 1 is 1.11 bits per heavy atom. The van der Waals surface area contributed by atoms with Crippen LogP contribution in [0, 0.1) is 0 Å². The Balaban J connectivity index is 2.00. The molecule has 2 aliphatic heterocycles. The third kappa shape index (κ3) is 5.33. The molecule has 2 aliphatic rings. The minimum Gasteiger partial charge on any atom is -0.480 e. The molecule has 2 fully saturated rings. The van der Waals surface area contributed by atoms with Crippen LogP contribution in [0.25, 0.3) is 0 Å². The lowest BCUT2D eigenvalue weighted by Gasteiger charge is -2.29. The van der Waals surface area contributed by atoms with Crippen LogP contribution in [0.5, 0.6) is 0 Å². The quantitative estimate of drug-likeness (QED) is 0.250. The first kappa shape index (κ1) is 21.5. The predicted octanol–water partition coefficient (Wildman–Crippen LogP) is -2.29. The van der Waals surface area contributed by atoms with Gasteiger partial charge in [0.2, 0.25) is 17.7 Å². The molecule has 2 saturated heterocycles. The third-order valence-corrected chi connectivity index (χ3v) is 5.17. The fourth-order valence-electron chi connectivity index (χ4n) is 3.32. The van der Waals surface area contributed by atoms with Crippen LogP contribution in [-0.2, 0) is 19.2 Å². The maximum absolute atomic E-state index is 12.8. The first-order valence-corrected chi connectivity index (χ1v) is 9.61. The number of likely N-dealkylation sites (tertiary alicyclic amines) is 1. The standard InChI is InChI=1S/C16H26N4O6S/c21-7-10(16(25)26)18-14(23)12-4-2-6-20(12)15(24)11(8-27)19-13(22)9-3-1-5-17-9/h9-12,17,21,27H,1-8H2,(H,18,23)(H,19,22)(H,25,26)/t9-,10-,11-,12-/m0/s1. The van der Waals surface area contributed by atoms with Gasteiger partial charge in [-0.05, 0) is 32.2 Å². The minimum absolute atomic E-state index is 0.0799. The van der Waals surface area contributed by atoms with E-state index in [-0.39, 0.29) is 17.7 Å². The third-order valence-electron chi connectivity index (χ3n) is 4.81. The van der Waals surface area contributed by atoms with Gasteiger partial charge >= 0.3 is 5.97 Å². The zero-order valence-corrected chi connectivity index (χ0v) is 15.8. The number of carboxylic acids is 1. The van der Waals surface area contributed by atoms with Crippen molar-refractivity contribution >= 4 is 36.3 Å². The number of thiol groups is 1. The number of carboxylic acid groups (broad SMARTS) is 1. The van der Waals surface area contributed by atoms with Gasteiger partial charge in [0.1, 0.15) is 18.1 Å². The molecule has 0 aromatic carbocycles. The lowest BCUT2D eigenvalue weighted by Crippen LogP contribution is -2.57. The molecule has 27 heavy (non-hydrogen) atoms. The van der Waals surface area contributed by atoms with Gasteiger partial charge in [-0.25, -0.2) is 4.79 Å². The lowest BCUT2D eigenvalue weighted by molar-refractivity contribution is -0.145. The number of hydrogen-bond donors (Lipinski definition) is 6. The van der Waals surface area contributed by atoms with Gasteiger partial charge in [0.05, 0.1) is 12.6 Å². The van der Waals surface area contributed by atoms with Gasteiger partial charge in [-0.2, -0.15) is 12.6 Å². The average Bonchev–Trinajstić information content (AvgIpc) is 3.34. The number of hydrogen-bond acceptors (Lipinski definition) is 7. The molecule has 11 heteroatoms. The molecule has 0 radical (unpaired) electrons. The highest BCUT2D eigenvalue weighted by atomic mass is 32.1. The Bertz CT molecular complexity index is 583. The highest BCUT2D eigenvalue weighted by molar-refractivity contribution is 7.80. The summed E-state index contributed by atoms with van der Waals surface area (Å²) in [6, 6.07) is -3.47. The monoisotopic (exact) mass is 402 g/mol. The summed E-state index contributed by atoms with van der Waals surface area (Å²) in [7, 11) is 0. The van der Waals surface area contributed by atoms with E-state index in [1.807, 2.05) is 0 Å². The fourth-order valence-corrected chi connectivity index (χ4v) is 3.57. The van der Waals surface area contributed by atoms with E-state index >= 15 is 0 Å². The summed E-state index contributed by atoms with van der Waals surface area (Å²) < 4.78 is 0. The Labute approximate surface area is 162 Å². The maximum Gasteiger partial charge on any atom is 0.328 e. The van der Waals surface area contributed by atoms with Gasteiger partial charge in [0.25, 0.3) is 0 Å². The van der Waals surface area contributed by atoms with Crippen molar-refractivity contribution in [2.75, 3.05) is 25.4 Å². The molecule has 0 unspecified atom stereocenters. The summed E-state index contributed by atoms with van der Waals surface area (Å²) in [6.45, 7) is 0.336. The molecule has 2 heterocycles. The molecule has 5 N–H and O–H groups in total. The van der Waals surface area contributed by atoms with Gasteiger partial charge in [0, 0.05) is 12.3 Å². The van der Waals surface area contributed by atoms with Crippen molar-refractivity contribution in [1.82, 2.24) is 20.9 Å². The smallest absolute Gasteiger partial charge is 0.328 e. The normalized spacial score (nSPS) is 24.3. The summed E-state index contributed by atoms with van der Waals surface area (Å²) in [5, 5.41) is 26.0. The van der Waals surface area contributed by atoms with Crippen molar-refractivity contribution in [2.45, 2.75) is 49.9 Å². The van der Waals surface area contributed by atoms with Gasteiger partial charge in [-0.15, -0.1) is 0 Å². The van der Waals surface area contributed by atoms with Crippen LogP contribution in [0.1, 0.15) is 25.7 Å². The van der Waals surface area contributed by atoms with E-state index < -0.39 is 42.5 Å². The minimum atomic E-state index is -1.43. The predicted molar refractivity (Wildman–Crippen MR) is 98.2 cm³/mol. The number of nitrogens with zero attached hydrogens (tertiary/aromatic N) is 1. The number of rotatable bonds is 8. The van der Waals surface area contributed by atoms with E-state index in [1.165, 1.54) is 4.90 Å². The molecule has 0 spiro atoms. The van der Waals surface area contributed by atoms with Crippen LogP contribution in [0.4, 0.5) is 0 Å². The summed E-state index contributed by atoms with van der Waals surface area (Å²) in [4.78, 5) is 49.8. The van der Waals surface area contributed by atoms with Crippen molar-refractivity contribution in [2.24, 2.45) is 0 Å². The summed E-state index contributed by atoms with van der Waals surface area (Å²) in [6.07, 6.45) is 2.55. The van der Waals surface area contributed by atoms with Crippen LogP contribution in [0.3, 0.4) is 0 Å².